The van der Waals surface area contributed by atoms with Crippen molar-refractivity contribution in [2.45, 2.75) is 58.4 Å². The molecule has 2 saturated heterocycles. The van der Waals surface area contributed by atoms with Crippen molar-refractivity contribution in [3.05, 3.63) is 0 Å². The second-order valence-electron chi connectivity index (χ2n) is 6.37. The summed E-state index contributed by atoms with van der Waals surface area (Å²) in [5.41, 5.74) is 0. The Balaban J connectivity index is 1.84. The molecule has 1 spiro atoms. The predicted molar refractivity (Wildman–Crippen MR) is 77.4 cm³/mol. The number of rotatable bonds is 4. The van der Waals surface area contributed by atoms with Crippen molar-refractivity contribution >= 4 is 5.91 Å². The van der Waals surface area contributed by atoms with Crippen LogP contribution in [-0.4, -0.2) is 66.4 Å². The summed E-state index contributed by atoms with van der Waals surface area (Å²) >= 11 is 0. The van der Waals surface area contributed by atoms with Gasteiger partial charge < -0.3 is 14.4 Å². The van der Waals surface area contributed by atoms with Crippen LogP contribution < -0.4 is 0 Å². The number of carbonyl (C=O) groups excluding carboxylic acids is 1. The normalized spacial score (nSPS) is 22.9. The van der Waals surface area contributed by atoms with Gasteiger partial charge in [-0.05, 0) is 27.7 Å². The van der Waals surface area contributed by atoms with Crippen molar-refractivity contribution in [3.8, 4) is 0 Å². The highest BCUT2D eigenvalue weighted by Gasteiger charge is 2.40. The average molecular weight is 284 g/mol. The molecule has 0 aromatic carbocycles. The highest BCUT2D eigenvalue weighted by molar-refractivity contribution is 5.78. The summed E-state index contributed by atoms with van der Waals surface area (Å²) in [7, 11) is 0. The van der Waals surface area contributed by atoms with Crippen molar-refractivity contribution in [2.75, 3.05) is 32.8 Å². The Bertz CT molecular complexity index is 320. The average Bonchev–Trinajstić information content (AvgIpc) is 2.80. The summed E-state index contributed by atoms with van der Waals surface area (Å²) in [4.78, 5) is 16.6. The molecule has 0 aromatic heterocycles. The first-order valence-corrected chi connectivity index (χ1v) is 7.75. The molecule has 0 aromatic rings. The third-order valence-electron chi connectivity index (χ3n) is 4.19. The first kappa shape index (κ1) is 15.7. The van der Waals surface area contributed by atoms with E-state index in [0.717, 1.165) is 25.9 Å². The van der Waals surface area contributed by atoms with E-state index in [1.54, 1.807) is 0 Å². The summed E-state index contributed by atoms with van der Waals surface area (Å²) in [5, 5.41) is 0. The highest BCUT2D eigenvalue weighted by Crippen LogP contribution is 2.31. The molecule has 0 radical (unpaired) electrons. The molecule has 2 aliphatic heterocycles. The first-order chi connectivity index (χ1) is 9.43. The topological polar surface area (TPSA) is 42.0 Å². The second-order valence-corrected chi connectivity index (χ2v) is 6.37. The minimum atomic E-state index is -0.352. The maximum Gasteiger partial charge on any atom is 0.237 e. The number of nitrogens with zero attached hydrogens (tertiary/aromatic N) is 2. The van der Waals surface area contributed by atoms with E-state index in [0.29, 0.717) is 19.8 Å². The Hall–Kier alpha value is -0.650. The molecule has 5 heteroatoms. The van der Waals surface area contributed by atoms with Crippen LogP contribution in [0.5, 0.6) is 0 Å². The third kappa shape index (κ3) is 3.51. The predicted octanol–water partition coefficient (Wildman–Crippen LogP) is 1.47. The molecule has 1 amide bonds. The Labute approximate surface area is 122 Å². The molecule has 2 aliphatic rings. The molecule has 0 aliphatic carbocycles. The lowest BCUT2D eigenvalue weighted by atomic mass is 10.0. The van der Waals surface area contributed by atoms with E-state index in [1.807, 2.05) is 4.90 Å². The quantitative estimate of drug-likeness (QED) is 0.784. The minimum Gasteiger partial charge on any atom is -0.347 e. The van der Waals surface area contributed by atoms with Crippen LogP contribution in [0.2, 0.25) is 0 Å². The van der Waals surface area contributed by atoms with Gasteiger partial charge in [0.1, 0.15) is 0 Å². The molecule has 2 heterocycles. The van der Waals surface area contributed by atoms with Gasteiger partial charge in [-0.3, -0.25) is 9.69 Å². The smallest absolute Gasteiger partial charge is 0.237 e. The SMILES string of the molecule is CC(C)N(C(=O)CN1CCC2(CC1)OCCO2)C(C)C. The summed E-state index contributed by atoms with van der Waals surface area (Å²) in [6.45, 7) is 11.9. The lowest BCUT2D eigenvalue weighted by Crippen LogP contribution is -2.51. The molecule has 0 atom stereocenters. The van der Waals surface area contributed by atoms with Crippen LogP contribution in [0, 0.1) is 0 Å². The summed E-state index contributed by atoms with van der Waals surface area (Å²) in [6.07, 6.45) is 1.73. The number of piperidine rings is 1. The number of hydrogen-bond acceptors (Lipinski definition) is 4. The maximum atomic E-state index is 12.4. The molecule has 0 saturated carbocycles. The Kier molecular flexibility index (Phi) is 5.04. The zero-order valence-corrected chi connectivity index (χ0v) is 13.2. The van der Waals surface area contributed by atoms with Crippen molar-refractivity contribution < 1.29 is 14.3 Å². The van der Waals surface area contributed by atoms with E-state index in [1.165, 1.54) is 0 Å². The zero-order valence-electron chi connectivity index (χ0n) is 13.2. The summed E-state index contributed by atoms with van der Waals surface area (Å²) < 4.78 is 11.4. The van der Waals surface area contributed by atoms with Gasteiger partial charge in [-0.25, -0.2) is 0 Å². The molecule has 116 valence electrons. The Morgan fingerprint density at radius 2 is 1.60 bits per heavy atom. The molecule has 0 N–H and O–H groups in total. The van der Waals surface area contributed by atoms with E-state index >= 15 is 0 Å². The van der Waals surface area contributed by atoms with Gasteiger partial charge in [0.05, 0.1) is 19.8 Å². The Morgan fingerprint density at radius 1 is 1.10 bits per heavy atom. The lowest BCUT2D eigenvalue weighted by Gasteiger charge is -2.39. The standard InChI is InChI=1S/C15H28N2O3/c1-12(2)17(13(3)4)14(18)11-16-7-5-15(6-8-16)19-9-10-20-15/h12-13H,5-11H2,1-4H3. The number of ether oxygens (including phenoxy) is 2. The van der Waals surface area contributed by atoms with Gasteiger partial charge in [-0.2, -0.15) is 0 Å². The highest BCUT2D eigenvalue weighted by atomic mass is 16.7. The number of likely N-dealkylation sites (tertiary alicyclic amines) is 1. The summed E-state index contributed by atoms with van der Waals surface area (Å²) in [6, 6.07) is 0.500. The van der Waals surface area contributed by atoms with Crippen LogP contribution >= 0.6 is 0 Å². The van der Waals surface area contributed by atoms with E-state index in [4.69, 9.17) is 9.47 Å². The minimum absolute atomic E-state index is 0.221. The van der Waals surface area contributed by atoms with Crippen molar-refractivity contribution in [1.29, 1.82) is 0 Å². The van der Waals surface area contributed by atoms with Gasteiger partial charge in [0.15, 0.2) is 5.79 Å². The van der Waals surface area contributed by atoms with Crippen LogP contribution in [0.1, 0.15) is 40.5 Å². The molecular weight excluding hydrogens is 256 g/mol. The third-order valence-corrected chi connectivity index (χ3v) is 4.19. The van der Waals surface area contributed by atoms with E-state index in [-0.39, 0.29) is 23.8 Å². The summed E-state index contributed by atoms with van der Waals surface area (Å²) in [5.74, 6) is -0.130. The van der Waals surface area contributed by atoms with E-state index in [9.17, 15) is 4.79 Å². The van der Waals surface area contributed by atoms with Gasteiger partial charge in [0, 0.05) is 38.0 Å². The van der Waals surface area contributed by atoms with Crippen molar-refractivity contribution in [3.63, 3.8) is 0 Å². The molecule has 20 heavy (non-hydrogen) atoms. The molecule has 5 nitrogen and oxygen atoms in total. The van der Waals surface area contributed by atoms with Gasteiger partial charge in [-0.15, -0.1) is 0 Å². The van der Waals surface area contributed by atoms with Gasteiger partial charge in [-0.1, -0.05) is 0 Å². The maximum absolute atomic E-state index is 12.4. The van der Waals surface area contributed by atoms with Gasteiger partial charge in [0.2, 0.25) is 5.91 Å². The van der Waals surface area contributed by atoms with E-state index < -0.39 is 0 Å². The molecule has 2 fully saturated rings. The molecular formula is C15H28N2O3. The molecule has 2 rings (SSSR count). The van der Waals surface area contributed by atoms with Gasteiger partial charge >= 0.3 is 0 Å². The molecule has 0 bridgehead atoms. The van der Waals surface area contributed by atoms with Crippen molar-refractivity contribution in [2.24, 2.45) is 0 Å². The zero-order chi connectivity index (χ0) is 14.8. The monoisotopic (exact) mass is 284 g/mol. The van der Waals surface area contributed by atoms with Crippen LogP contribution in [-0.2, 0) is 14.3 Å². The van der Waals surface area contributed by atoms with Crippen LogP contribution in [0.25, 0.3) is 0 Å². The van der Waals surface area contributed by atoms with E-state index in [2.05, 4.69) is 32.6 Å². The van der Waals surface area contributed by atoms with Crippen LogP contribution in [0.15, 0.2) is 0 Å². The van der Waals surface area contributed by atoms with Crippen LogP contribution in [0.4, 0.5) is 0 Å². The largest absolute Gasteiger partial charge is 0.347 e. The fraction of sp³-hybridized carbons (Fsp3) is 0.933. The van der Waals surface area contributed by atoms with Crippen molar-refractivity contribution in [1.82, 2.24) is 9.80 Å². The van der Waals surface area contributed by atoms with Crippen LogP contribution in [0.3, 0.4) is 0 Å². The number of carbonyl (C=O) groups is 1. The fourth-order valence-corrected chi connectivity index (χ4v) is 3.28. The van der Waals surface area contributed by atoms with Gasteiger partial charge in [0.25, 0.3) is 0 Å². The Morgan fingerprint density at radius 3 is 2.05 bits per heavy atom. The fourth-order valence-electron chi connectivity index (χ4n) is 3.28. The molecule has 0 unspecified atom stereocenters. The number of hydrogen-bond donors (Lipinski definition) is 0. The number of amides is 1. The second kappa shape index (κ2) is 6.41. The first-order valence-electron chi connectivity index (χ1n) is 7.75. The lowest BCUT2D eigenvalue weighted by molar-refractivity contribution is -0.186.